The highest BCUT2D eigenvalue weighted by atomic mass is 32.2. The van der Waals surface area contributed by atoms with Gasteiger partial charge in [0.1, 0.15) is 12.4 Å². The monoisotopic (exact) mass is 450 g/mol. The smallest absolute Gasteiger partial charge is 0.241 e. The van der Waals surface area contributed by atoms with Gasteiger partial charge in [-0.25, -0.2) is 13.1 Å². The Labute approximate surface area is 183 Å². The average Bonchev–Trinajstić information content (AvgIpc) is 2.68. The van der Waals surface area contributed by atoms with Crippen molar-refractivity contribution in [1.82, 2.24) is 4.72 Å². The van der Waals surface area contributed by atoms with Gasteiger partial charge in [-0.15, -0.1) is 11.8 Å². The maximum Gasteiger partial charge on any atom is 0.241 e. The Balaban J connectivity index is 2.11. The summed E-state index contributed by atoms with van der Waals surface area (Å²) < 4.78 is 34.1. The molecule has 0 saturated carbocycles. The second-order valence-corrected chi connectivity index (χ2v) is 10.1. The molecule has 164 valence electrons. The molecule has 8 heteroatoms. The summed E-state index contributed by atoms with van der Waals surface area (Å²) in [5, 5.41) is 2.81. The van der Waals surface area contributed by atoms with Gasteiger partial charge in [0.25, 0.3) is 0 Å². The number of sulfonamides is 1. The van der Waals surface area contributed by atoms with Crippen LogP contribution < -0.4 is 14.8 Å². The molecule has 1 atom stereocenters. The third kappa shape index (κ3) is 6.48. The number of nitrogens with one attached hydrogen (secondary N) is 2. The van der Waals surface area contributed by atoms with E-state index in [1.165, 1.54) is 29.5 Å². The molecule has 0 saturated heterocycles. The molecule has 2 N–H and O–H groups in total. The van der Waals surface area contributed by atoms with Crippen molar-refractivity contribution in [1.29, 1.82) is 0 Å². The van der Waals surface area contributed by atoms with Gasteiger partial charge in [-0.2, -0.15) is 0 Å². The standard InChI is InChI=1S/C22H30N2O4S2/c1-14(2)22(25)23-20-12-19(9-10-21(20)29-6)30(26,27)24-17(5)13-28-18-8-7-15(3)16(4)11-18/h7-12,14,17,24H,13H2,1-6H3,(H,23,25). The highest BCUT2D eigenvalue weighted by Crippen LogP contribution is 2.28. The van der Waals surface area contributed by atoms with E-state index in [-0.39, 0.29) is 23.3 Å². The molecular weight excluding hydrogens is 420 g/mol. The molecule has 2 aromatic rings. The lowest BCUT2D eigenvalue weighted by Crippen LogP contribution is -2.36. The minimum absolute atomic E-state index is 0.0948. The number of carbonyl (C=O) groups excluding carboxylic acids is 1. The highest BCUT2D eigenvalue weighted by molar-refractivity contribution is 7.98. The van der Waals surface area contributed by atoms with Gasteiger partial charge in [-0.05, 0) is 68.5 Å². The van der Waals surface area contributed by atoms with Gasteiger partial charge in [-0.3, -0.25) is 4.79 Å². The lowest BCUT2D eigenvalue weighted by Gasteiger charge is -2.17. The molecule has 1 amide bonds. The number of hydrogen-bond acceptors (Lipinski definition) is 5. The van der Waals surface area contributed by atoms with Gasteiger partial charge in [0, 0.05) is 10.8 Å². The van der Waals surface area contributed by atoms with Crippen LogP contribution in [0.1, 0.15) is 31.9 Å². The Morgan fingerprint density at radius 3 is 2.37 bits per heavy atom. The number of benzene rings is 2. The van der Waals surface area contributed by atoms with Crippen molar-refractivity contribution in [3.63, 3.8) is 0 Å². The molecule has 30 heavy (non-hydrogen) atoms. The second kappa shape index (κ2) is 10.3. The number of anilines is 1. The molecule has 0 spiro atoms. The molecule has 0 aromatic heterocycles. The first-order valence-electron chi connectivity index (χ1n) is 9.74. The molecule has 0 bridgehead atoms. The van der Waals surface area contributed by atoms with Crippen LogP contribution in [0.2, 0.25) is 0 Å². The van der Waals surface area contributed by atoms with Crippen molar-refractivity contribution in [2.24, 2.45) is 5.92 Å². The SMILES string of the molecule is CSc1ccc(S(=O)(=O)NC(C)COc2ccc(C)c(C)c2)cc1NC(=O)C(C)C. The Bertz CT molecular complexity index is 1000. The largest absolute Gasteiger partial charge is 0.492 e. The van der Waals surface area contributed by atoms with Crippen molar-refractivity contribution in [2.75, 3.05) is 18.2 Å². The Morgan fingerprint density at radius 2 is 1.77 bits per heavy atom. The summed E-state index contributed by atoms with van der Waals surface area (Å²) in [6, 6.07) is 10.1. The number of ether oxygens (including phenoxy) is 1. The Morgan fingerprint density at radius 1 is 1.07 bits per heavy atom. The van der Waals surface area contributed by atoms with Gasteiger partial charge < -0.3 is 10.1 Å². The lowest BCUT2D eigenvalue weighted by molar-refractivity contribution is -0.118. The molecule has 2 aromatic carbocycles. The van der Waals surface area contributed by atoms with E-state index in [1.54, 1.807) is 26.8 Å². The number of thioether (sulfide) groups is 1. The van der Waals surface area contributed by atoms with E-state index in [1.807, 2.05) is 38.3 Å². The van der Waals surface area contributed by atoms with E-state index in [0.717, 1.165) is 10.5 Å². The fourth-order valence-corrected chi connectivity index (χ4v) is 4.41. The Kier molecular flexibility index (Phi) is 8.34. The summed E-state index contributed by atoms with van der Waals surface area (Å²) in [7, 11) is -3.77. The van der Waals surface area contributed by atoms with Gasteiger partial charge in [0.05, 0.1) is 16.6 Å². The van der Waals surface area contributed by atoms with E-state index in [9.17, 15) is 13.2 Å². The quantitative estimate of drug-likeness (QED) is 0.554. The summed E-state index contributed by atoms with van der Waals surface area (Å²) in [5.74, 6) is 0.329. The van der Waals surface area contributed by atoms with Crippen LogP contribution >= 0.6 is 11.8 Å². The van der Waals surface area contributed by atoms with Gasteiger partial charge in [0.2, 0.25) is 15.9 Å². The minimum atomic E-state index is -3.77. The van der Waals surface area contributed by atoms with Crippen LogP contribution in [0.15, 0.2) is 46.2 Å². The number of carbonyl (C=O) groups is 1. The van der Waals surface area contributed by atoms with Crippen molar-refractivity contribution >= 4 is 33.4 Å². The summed E-state index contributed by atoms with van der Waals surface area (Å²) in [6.45, 7) is 9.54. The summed E-state index contributed by atoms with van der Waals surface area (Å²) in [6.07, 6.45) is 1.87. The summed E-state index contributed by atoms with van der Waals surface area (Å²) >= 11 is 1.44. The predicted molar refractivity (Wildman–Crippen MR) is 123 cm³/mol. The molecule has 0 aliphatic rings. The van der Waals surface area contributed by atoms with Crippen LogP contribution in [0.4, 0.5) is 5.69 Å². The van der Waals surface area contributed by atoms with Crippen LogP contribution in [0.3, 0.4) is 0 Å². The van der Waals surface area contributed by atoms with Crippen molar-refractivity contribution in [2.45, 2.75) is 50.5 Å². The van der Waals surface area contributed by atoms with Crippen LogP contribution in [0.5, 0.6) is 5.75 Å². The normalized spacial score (nSPS) is 12.6. The van der Waals surface area contributed by atoms with E-state index < -0.39 is 16.1 Å². The Hall–Kier alpha value is -2.03. The molecule has 0 radical (unpaired) electrons. The summed E-state index contributed by atoms with van der Waals surface area (Å²) in [5.41, 5.74) is 2.78. The van der Waals surface area contributed by atoms with Gasteiger partial charge in [-0.1, -0.05) is 19.9 Å². The predicted octanol–water partition coefficient (Wildman–Crippen LogP) is 4.37. The van der Waals surface area contributed by atoms with E-state index >= 15 is 0 Å². The molecule has 0 fully saturated rings. The molecule has 0 aliphatic heterocycles. The first kappa shape index (κ1) is 24.2. The van der Waals surface area contributed by atoms with Gasteiger partial charge in [0.15, 0.2) is 0 Å². The average molecular weight is 451 g/mol. The third-order valence-electron chi connectivity index (χ3n) is 4.60. The van der Waals surface area contributed by atoms with Crippen LogP contribution in [-0.4, -0.2) is 33.2 Å². The molecule has 0 heterocycles. The lowest BCUT2D eigenvalue weighted by atomic mass is 10.1. The fourth-order valence-electron chi connectivity index (χ4n) is 2.62. The minimum Gasteiger partial charge on any atom is -0.492 e. The van der Waals surface area contributed by atoms with Crippen LogP contribution in [0, 0.1) is 19.8 Å². The molecule has 1 unspecified atom stereocenters. The third-order valence-corrected chi connectivity index (χ3v) is 6.98. The molecule has 0 aliphatic carbocycles. The van der Waals surface area contributed by atoms with Crippen molar-refractivity contribution in [3.8, 4) is 5.75 Å². The maximum absolute atomic E-state index is 12.8. The fraction of sp³-hybridized carbons (Fsp3) is 0.409. The maximum atomic E-state index is 12.8. The van der Waals surface area contributed by atoms with E-state index in [2.05, 4.69) is 10.0 Å². The zero-order chi connectivity index (χ0) is 22.5. The van der Waals surface area contributed by atoms with E-state index in [0.29, 0.717) is 11.4 Å². The van der Waals surface area contributed by atoms with Crippen LogP contribution in [0.25, 0.3) is 0 Å². The van der Waals surface area contributed by atoms with Gasteiger partial charge >= 0.3 is 0 Å². The number of hydrogen-bond donors (Lipinski definition) is 2. The summed E-state index contributed by atoms with van der Waals surface area (Å²) in [4.78, 5) is 13.0. The van der Waals surface area contributed by atoms with Crippen molar-refractivity contribution in [3.05, 3.63) is 47.5 Å². The number of aryl methyl sites for hydroxylation is 2. The zero-order valence-corrected chi connectivity index (χ0v) is 19.9. The second-order valence-electron chi connectivity index (χ2n) is 7.59. The van der Waals surface area contributed by atoms with E-state index in [4.69, 9.17) is 4.74 Å². The zero-order valence-electron chi connectivity index (χ0n) is 18.3. The van der Waals surface area contributed by atoms with Crippen LogP contribution in [-0.2, 0) is 14.8 Å². The number of rotatable bonds is 9. The molecule has 6 nitrogen and oxygen atoms in total. The van der Waals surface area contributed by atoms with Crippen molar-refractivity contribution < 1.29 is 17.9 Å². The topological polar surface area (TPSA) is 84.5 Å². The number of amides is 1. The first-order valence-corrected chi connectivity index (χ1v) is 12.5. The highest BCUT2D eigenvalue weighted by Gasteiger charge is 2.20. The molecular formula is C22H30N2O4S2. The first-order chi connectivity index (χ1) is 14.0. The molecule has 2 rings (SSSR count).